The summed E-state index contributed by atoms with van der Waals surface area (Å²) in [5, 5.41) is 16.1. The Morgan fingerprint density at radius 3 is 2.44 bits per heavy atom. The van der Waals surface area contributed by atoms with E-state index in [-0.39, 0.29) is 12.3 Å². The van der Waals surface area contributed by atoms with Crippen LogP contribution in [0.25, 0.3) is 0 Å². The molecule has 4 nitrogen and oxygen atoms in total. The summed E-state index contributed by atoms with van der Waals surface area (Å²) in [6, 6.07) is 28.3. The Hall–Kier alpha value is -3.58. The second-order valence-electron chi connectivity index (χ2n) is 6.75. The normalized spacial score (nSPS) is 20.1. The second-order valence-corrected chi connectivity index (χ2v) is 6.75. The third-order valence-corrected chi connectivity index (χ3v) is 5.13. The van der Waals surface area contributed by atoms with Crippen LogP contribution in [0.1, 0.15) is 40.9 Å². The molecule has 0 amide bonds. The van der Waals surface area contributed by atoms with Crippen molar-refractivity contribution in [2.24, 2.45) is 5.10 Å². The van der Waals surface area contributed by atoms with Crippen LogP contribution in [0.15, 0.2) is 84.0 Å². The molecule has 2 heterocycles. The van der Waals surface area contributed by atoms with Gasteiger partial charge in [-0.05, 0) is 23.8 Å². The van der Waals surface area contributed by atoms with Gasteiger partial charge in [0.2, 0.25) is 6.23 Å². The summed E-state index contributed by atoms with van der Waals surface area (Å²) in [5.41, 5.74) is 5.01. The molecular formula is C23H17N3O. The zero-order valence-corrected chi connectivity index (χ0v) is 14.6. The summed E-state index contributed by atoms with van der Waals surface area (Å²) >= 11 is 0. The Morgan fingerprint density at radius 2 is 1.67 bits per heavy atom. The van der Waals surface area contributed by atoms with Crippen LogP contribution in [0.5, 0.6) is 5.75 Å². The highest BCUT2D eigenvalue weighted by Crippen LogP contribution is 2.47. The molecule has 0 aliphatic carbocycles. The number of ether oxygens (including phenoxy) is 1. The number of fused-ring (bicyclic) bond motifs is 3. The maximum absolute atomic E-state index is 9.07. The first-order valence-electron chi connectivity index (χ1n) is 9.00. The van der Waals surface area contributed by atoms with Crippen molar-refractivity contribution in [2.75, 3.05) is 0 Å². The maximum atomic E-state index is 9.07. The van der Waals surface area contributed by atoms with Gasteiger partial charge in [0.05, 0.1) is 23.4 Å². The van der Waals surface area contributed by atoms with E-state index in [0.717, 1.165) is 34.6 Å². The molecule has 3 aromatic rings. The van der Waals surface area contributed by atoms with Gasteiger partial charge >= 0.3 is 0 Å². The molecule has 0 radical (unpaired) electrons. The van der Waals surface area contributed by atoms with Crippen LogP contribution in [0.2, 0.25) is 0 Å². The molecule has 5 rings (SSSR count). The fraction of sp³-hybridized carbons (Fsp3) is 0.130. The quantitative estimate of drug-likeness (QED) is 0.666. The van der Waals surface area contributed by atoms with Gasteiger partial charge in [-0.1, -0.05) is 60.7 Å². The van der Waals surface area contributed by atoms with Crippen LogP contribution in [0, 0.1) is 11.3 Å². The largest absolute Gasteiger partial charge is 0.464 e. The first-order chi connectivity index (χ1) is 13.3. The average Bonchev–Trinajstić information content (AvgIpc) is 3.20. The molecule has 0 spiro atoms. The molecule has 130 valence electrons. The molecular weight excluding hydrogens is 334 g/mol. The molecule has 0 unspecified atom stereocenters. The SMILES string of the molecule is N#Cc1ccc([C@H]2Oc3ccccc3[C@@H]3CC(c4ccccc4)=NN23)cc1. The van der Waals surface area contributed by atoms with E-state index < -0.39 is 0 Å². The topological polar surface area (TPSA) is 48.6 Å². The predicted octanol–water partition coefficient (Wildman–Crippen LogP) is 4.80. The van der Waals surface area contributed by atoms with Gasteiger partial charge < -0.3 is 4.74 Å². The van der Waals surface area contributed by atoms with Crippen LogP contribution in [-0.4, -0.2) is 10.7 Å². The Kier molecular flexibility index (Phi) is 3.65. The van der Waals surface area contributed by atoms with Crippen molar-refractivity contribution in [3.8, 4) is 11.8 Å². The minimum atomic E-state index is -0.307. The van der Waals surface area contributed by atoms with E-state index in [1.807, 2.05) is 60.7 Å². The van der Waals surface area contributed by atoms with Crippen molar-refractivity contribution < 1.29 is 4.74 Å². The molecule has 4 heteroatoms. The molecule has 2 aliphatic rings. The third-order valence-electron chi connectivity index (χ3n) is 5.13. The van der Waals surface area contributed by atoms with Gasteiger partial charge in [-0.25, -0.2) is 5.01 Å². The summed E-state index contributed by atoms with van der Waals surface area (Å²) in [4.78, 5) is 0. The van der Waals surface area contributed by atoms with E-state index in [0.29, 0.717) is 5.56 Å². The number of hydrogen-bond acceptors (Lipinski definition) is 4. The van der Waals surface area contributed by atoms with E-state index in [2.05, 4.69) is 29.3 Å². The molecule has 2 atom stereocenters. The number of hydrogen-bond donors (Lipinski definition) is 0. The second kappa shape index (κ2) is 6.30. The Bertz CT molecular complexity index is 1050. The molecule has 0 N–H and O–H groups in total. The Labute approximate surface area is 157 Å². The molecule has 0 saturated carbocycles. The number of nitriles is 1. The van der Waals surface area contributed by atoms with E-state index in [9.17, 15) is 0 Å². The van der Waals surface area contributed by atoms with E-state index in [1.54, 1.807) is 0 Å². The molecule has 0 fully saturated rings. The van der Waals surface area contributed by atoms with Gasteiger partial charge in [0.15, 0.2) is 0 Å². The molecule has 0 bridgehead atoms. The minimum absolute atomic E-state index is 0.144. The molecule has 2 aliphatic heterocycles. The summed E-state index contributed by atoms with van der Waals surface area (Å²) in [6.45, 7) is 0. The number of benzene rings is 3. The van der Waals surface area contributed by atoms with Gasteiger partial charge in [0.25, 0.3) is 0 Å². The summed E-state index contributed by atoms with van der Waals surface area (Å²) in [6.07, 6.45) is 0.538. The number of para-hydroxylation sites is 1. The predicted molar refractivity (Wildman–Crippen MR) is 103 cm³/mol. The fourth-order valence-corrected chi connectivity index (χ4v) is 3.78. The number of hydrazone groups is 1. The molecule has 0 saturated heterocycles. The summed E-state index contributed by atoms with van der Waals surface area (Å²) < 4.78 is 6.33. The van der Waals surface area contributed by atoms with Crippen molar-refractivity contribution in [3.63, 3.8) is 0 Å². The fourth-order valence-electron chi connectivity index (χ4n) is 3.78. The van der Waals surface area contributed by atoms with E-state index >= 15 is 0 Å². The highest BCUT2D eigenvalue weighted by molar-refractivity contribution is 6.01. The first kappa shape index (κ1) is 15.7. The van der Waals surface area contributed by atoms with Crippen molar-refractivity contribution in [3.05, 3.63) is 101 Å². The Morgan fingerprint density at radius 1 is 0.926 bits per heavy atom. The van der Waals surface area contributed by atoms with Crippen molar-refractivity contribution in [1.82, 2.24) is 5.01 Å². The lowest BCUT2D eigenvalue weighted by Gasteiger charge is -2.38. The smallest absolute Gasteiger partial charge is 0.213 e. The maximum Gasteiger partial charge on any atom is 0.213 e. The first-order valence-corrected chi connectivity index (χ1v) is 9.00. The van der Waals surface area contributed by atoms with Crippen LogP contribution in [0.4, 0.5) is 0 Å². The monoisotopic (exact) mass is 351 g/mol. The van der Waals surface area contributed by atoms with E-state index in [4.69, 9.17) is 15.1 Å². The lowest BCUT2D eigenvalue weighted by atomic mass is 9.96. The zero-order valence-electron chi connectivity index (χ0n) is 14.6. The summed E-state index contributed by atoms with van der Waals surface area (Å²) in [5.74, 6) is 0.901. The zero-order chi connectivity index (χ0) is 18.2. The summed E-state index contributed by atoms with van der Waals surface area (Å²) in [7, 11) is 0. The third kappa shape index (κ3) is 2.65. The van der Waals surface area contributed by atoms with E-state index in [1.165, 1.54) is 0 Å². The van der Waals surface area contributed by atoms with Crippen LogP contribution >= 0.6 is 0 Å². The number of nitrogens with zero attached hydrogens (tertiary/aromatic N) is 3. The molecule has 0 aromatic heterocycles. The lowest BCUT2D eigenvalue weighted by molar-refractivity contribution is -0.0190. The van der Waals surface area contributed by atoms with Crippen molar-refractivity contribution in [2.45, 2.75) is 18.7 Å². The van der Waals surface area contributed by atoms with Crippen LogP contribution in [-0.2, 0) is 0 Å². The molecule has 27 heavy (non-hydrogen) atoms. The molecule has 3 aromatic carbocycles. The van der Waals surface area contributed by atoms with Crippen LogP contribution < -0.4 is 4.74 Å². The highest BCUT2D eigenvalue weighted by atomic mass is 16.5. The highest BCUT2D eigenvalue weighted by Gasteiger charge is 2.40. The van der Waals surface area contributed by atoms with Gasteiger partial charge in [-0.15, -0.1) is 0 Å². The average molecular weight is 351 g/mol. The van der Waals surface area contributed by atoms with Gasteiger partial charge in [-0.3, -0.25) is 0 Å². The van der Waals surface area contributed by atoms with Crippen LogP contribution in [0.3, 0.4) is 0 Å². The van der Waals surface area contributed by atoms with Gasteiger partial charge in [-0.2, -0.15) is 10.4 Å². The minimum Gasteiger partial charge on any atom is -0.464 e. The Balaban J connectivity index is 1.59. The lowest BCUT2D eigenvalue weighted by Crippen LogP contribution is -2.33. The van der Waals surface area contributed by atoms with Gasteiger partial charge in [0, 0.05) is 17.5 Å². The van der Waals surface area contributed by atoms with Crippen molar-refractivity contribution in [1.29, 1.82) is 5.26 Å². The van der Waals surface area contributed by atoms with Gasteiger partial charge in [0.1, 0.15) is 5.75 Å². The number of rotatable bonds is 2. The van der Waals surface area contributed by atoms with Crippen molar-refractivity contribution >= 4 is 5.71 Å². The standard InChI is InChI=1S/C23H17N3O/c24-15-16-10-12-18(13-11-16)23-26-21(19-8-4-5-9-22(19)27-23)14-20(25-26)17-6-2-1-3-7-17/h1-13,21,23H,14H2/t21-,23+/m0/s1.